The van der Waals surface area contributed by atoms with E-state index in [-0.39, 0.29) is 12.1 Å². The molecule has 1 aromatic heterocycles. The number of aryl methyl sites for hydroxylation is 1. The second-order valence-electron chi connectivity index (χ2n) is 8.41. The van der Waals surface area contributed by atoms with Crippen molar-refractivity contribution in [2.45, 2.75) is 25.5 Å². The molecule has 0 radical (unpaired) electrons. The van der Waals surface area contributed by atoms with E-state index in [2.05, 4.69) is 106 Å². The Morgan fingerprint density at radius 2 is 1.67 bits per heavy atom. The van der Waals surface area contributed by atoms with Crippen LogP contribution in [0.15, 0.2) is 89.2 Å². The number of ether oxygens (including phenoxy) is 1. The molecule has 2 aliphatic heterocycles. The van der Waals surface area contributed by atoms with Gasteiger partial charge in [-0.2, -0.15) is 10.1 Å². The van der Waals surface area contributed by atoms with Crippen molar-refractivity contribution >= 4 is 27.6 Å². The average molecular weight is 499 g/mol. The molecule has 33 heavy (non-hydrogen) atoms. The van der Waals surface area contributed by atoms with Crippen LogP contribution in [-0.4, -0.2) is 21.8 Å². The van der Waals surface area contributed by atoms with Crippen molar-refractivity contribution in [1.82, 2.24) is 14.8 Å². The molecule has 0 fully saturated rings. The zero-order chi connectivity index (χ0) is 22.5. The molecule has 164 valence electrons. The topological polar surface area (TPSA) is 43.2 Å². The highest BCUT2D eigenvalue weighted by molar-refractivity contribution is 9.10. The Bertz CT molecular complexity index is 1360. The normalized spacial score (nSPS) is 18.9. The van der Waals surface area contributed by atoms with Crippen LogP contribution in [0.25, 0.3) is 5.70 Å². The van der Waals surface area contributed by atoms with Gasteiger partial charge in [0.1, 0.15) is 24.2 Å². The van der Waals surface area contributed by atoms with E-state index in [4.69, 9.17) is 4.74 Å². The van der Waals surface area contributed by atoms with Crippen molar-refractivity contribution in [1.29, 1.82) is 0 Å². The van der Waals surface area contributed by atoms with Crippen LogP contribution < -0.4 is 9.64 Å². The van der Waals surface area contributed by atoms with Gasteiger partial charge in [-0.15, -0.1) is 0 Å². The van der Waals surface area contributed by atoms with Crippen molar-refractivity contribution < 1.29 is 4.74 Å². The van der Waals surface area contributed by atoms with Crippen molar-refractivity contribution in [2.24, 2.45) is 0 Å². The summed E-state index contributed by atoms with van der Waals surface area (Å²) < 4.78 is 9.77. The number of hydrogen-bond acceptors (Lipinski definition) is 4. The van der Waals surface area contributed by atoms with E-state index >= 15 is 0 Å². The first-order valence-electron chi connectivity index (χ1n) is 11.1. The number of para-hydroxylation sites is 1. The molecule has 6 heteroatoms. The average Bonchev–Trinajstić information content (AvgIpc) is 3.35. The monoisotopic (exact) mass is 498 g/mol. The van der Waals surface area contributed by atoms with Gasteiger partial charge in [0.25, 0.3) is 0 Å². The number of benzene rings is 3. The Hall–Kier alpha value is -3.38. The zero-order valence-corrected chi connectivity index (χ0v) is 20.0. The molecular formula is C27H23BrN4O. The van der Waals surface area contributed by atoms with Gasteiger partial charge in [0, 0.05) is 22.7 Å². The molecule has 0 amide bonds. The van der Waals surface area contributed by atoms with Crippen molar-refractivity contribution in [3.8, 4) is 5.75 Å². The van der Waals surface area contributed by atoms with E-state index in [0.29, 0.717) is 0 Å². The quantitative estimate of drug-likeness (QED) is 0.337. The lowest BCUT2D eigenvalue weighted by Crippen LogP contribution is -2.37. The lowest BCUT2D eigenvalue weighted by Gasteiger charge is -2.42. The van der Waals surface area contributed by atoms with Crippen LogP contribution in [0.5, 0.6) is 5.75 Å². The van der Waals surface area contributed by atoms with E-state index in [1.165, 1.54) is 11.1 Å². The molecule has 4 aromatic rings. The minimum absolute atomic E-state index is 0.133. The number of aromatic nitrogens is 3. The number of anilines is 1. The maximum atomic E-state index is 6.72. The van der Waals surface area contributed by atoms with Crippen LogP contribution in [0.4, 0.5) is 5.95 Å². The zero-order valence-electron chi connectivity index (χ0n) is 18.4. The molecule has 3 aromatic carbocycles. The third kappa shape index (κ3) is 3.20. The van der Waals surface area contributed by atoms with Crippen LogP contribution in [0.1, 0.15) is 41.3 Å². The molecule has 0 N–H and O–H groups in total. The van der Waals surface area contributed by atoms with Gasteiger partial charge in [-0.25, -0.2) is 4.68 Å². The summed E-state index contributed by atoms with van der Waals surface area (Å²) in [4.78, 5) is 6.75. The molecule has 3 heterocycles. The molecule has 2 aliphatic rings. The Kier molecular flexibility index (Phi) is 4.84. The van der Waals surface area contributed by atoms with Gasteiger partial charge in [-0.05, 0) is 47.4 Å². The highest BCUT2D eigenvalue weighted by Gasteiger charge is 2.42. The largest absolute Gasteiger partial charge is 0.480 e. The molecular weight excluding hydrogens is 476 g/mol. The van der Waals surface area contributed by atoms with E-state index < -0.39 is 0 Å². The molecule has 0 spiro atoms. The number of rotatable bonds is 3. The highest BCUT2D eigenvalue weighted by Crippen LogP contribution is 2.52. The van der Waals surface area contributed by atoms with Crippen LogP contribution in [0, 0.1) is 0 Å². The third-order valence-corrected chi connectivity index (χ3v) is 7.08. The van der Waals surface area contributed by atoms with Gasteiger partial charge in [0.05, 0.1) is 5.70 Å². The Morgan fingerprint density at radius 1 is 0.939 bits per heavy atom. The smallest absolute Gasteiger partial charge is 0.229 e. The van der Waals surface area contributed by atoms with Crippen LogP contribution in [0.2, 0.25) is 0 Å². The van der Waals surface area contributed by atoms with Crippen molar-refractivity contribution in [3.63, 3.8) is 0 Å². The molecule has 2 atom stereocenters. The van der Waals surface area contributed by atoms with Crippen LogP contribution >= 0.6 is 15.9 Å². The minimum atomic E-state index is -0.241. The maximum absolute atomic E-state index is 6.72. The Labute approximate surface area is 201 Å². The van der Waals surface area contributed by atoms with Gasteiger partial charge in [-0.3, -0.25) is 0 Å². The summed E-state index contributed by atoms with van der Waals surface area (Å²) in [6, 6.07) is 25.4. The summed E-state index contributed by atoms with van der Waals surface area (Å²) in [5, 5.41) is 4.65. The summed E-state index contributed by atoms with van der Waals surface area (Å²) in [7, 11) is 2.06. The summed E-state index contributed by atoms with van der Waals surface area (Å²) in [5.74, 6) is 1.70. The second kappa shape index (κ2) is 7.89. The first kappa shape index (κ1) is 20.2. The number of hydrogen-bond donors (Lipinski definition) is 0. The van der Waals surface area contributed by atoms with E-state index in [9.17, 15) is 0 Å². The predicted molar refractivity (Wildman–Crippen MR) is 133 cm³/mol. The lowest BCUT2D eigenvalue weighted by molar-refractivity contribution is 0.222. The van der Waals surface area contributed by atoms with E-state index in [0.717, 1.165) is 45.0 Å². The lowest BCUT2D eigenvalue weighted by atomic mass is 9.84. The molecule has 5 nitrogen and oxygen atoms in total. The fourth-order valence-electron chi connectivity index (χ4n) is 4.92. The molecule has 0 bridgehead atoms. The number of nitrogens with zero attached hydrogens (tertiary/aromatic N) is 4. The van der Waals surface area contributed by atoms with E-state index in [1.807, 2.05) is 16.8 Å². The Balaban J connectivity index is 1.63. The summed E-state index contributed by atoms with van der Waals surface area (Å²) in [6.07, 6.45) is 2.40. The molecule has 6 rings (SSSR count). The minimum Gasteiger partial charge on any atom is -0.480 e. The van der Waals surface area contributed by atoms with Crippen molar-refractivity contribution in [2.75, 3.05) is 11.9 Å². The van der Waals surface area contributed by atoms with E-state index in [1.54, 1.807) is 6.33 Å². The fourth-order valence-corrected chi connectivity index (χ4v) is 5.19. The van der Waals surface area contributed by atoms with Gasteiger partial charge in [0.15, 0.2) is 0 Å². The standard InChI is InChI=1S/C27H23BrN4O/c1-3-17-8-10-19(11-9-17)26-23-24(18-12-14-20(28)15-13-18)32-27(29-16-30-32)31(2)25(23)21-6-4-5-7-22(21)33-26/h4-16,24,26H,3H2,1-2H3/t24-,26+/m0/s1. The first-order chi connectivity index (χ1) is 16.2. The van der Waals surface area contributed by atoms with Gasteiger partial charge in [0.2, 0.25) is 5.95 Å². The number of fused-ring (bicyclic) bond motifs is 3. The molecule has 0 aliphatic carbocycles. The van der Waals surface area contributed by atoms with Gasteiger partial charge in [-0.1, -0.05) is 71.4 Å². The SMILES string of the molecule is CCc1ccc([C@H]2Oc3ccccc3C3=C2[C@H](c2ccc(Br)cc2)n2ncnc2N3C)cc1. The summed E-state index contributed by atoms with van der Waals surface area (Å²) in [6.45, 7) is 2.18. The maximum Gasteiger partial charge on any atom is 0.229 e. The Morgan fingerprint density at radius 3 is 2.42 bits per heavy atom. The molecule has 0 saturated carbocycles. The van der Waals surface area contributed by atoms with Gasteiger partial charge < -0.3 is 9.64 Å². The summed E-state index contributed by atoms with van der Waals surface area (Å²) >= 11 is 3.58. The first-order valence-corrected chi connectivity index (χ1v) is 11.9. The third-order valence-electron chi connectivity index (χ3n) is 6.55. The van der Waals surface area contributed by atoms with Gasteiger partial charge >= 0.3 is 0 Å². The molecule has 0 unspecified atom stereocenters. The molecule has 0 saturated heterocycles. The highest BCUT2D eigenvalue weighted by atomic mass is 79.9. The summed E-state index contributed by atoms with van der Waals surface area (Å²) in [5.41, 5.74) is 6.97. The number of halogens is 1. The van der Waals surface area contributed by atoms with Crippen LogP contribution in [-0.2, 0) is 6.42 Å². The second-order valence-corrected chi connectivity index (χ2v) is 9.33. The predicted octanol–water partition coefficient (Wildman–Crippen LogP) is 6.19. The van der Waals surface area contributed by atoms with Crippen molar-refractivity contribution in [3.05, 3.63) is 111 Å². The van der Waals surface area contributed by atoms with Crippen LogP contribution in [0.3, 0.4) is 0 Å². The fraction of sp³-hybridized carbons (Fsp3) is 0.185.